The van der Waals surface area contributed by atoms with Crippen LogP contribution in [0.15, 0.2) is 30.9 Å². The second-order valence-electron chi connectivity index (χ2n) is 5.13. The van der Waals surface area contributed by atoms with Gasteiger partial charge in [0.25, 0.3) is 5.91 Å². The predicted molar refractivity (Wildman–Crippen MR) is 92.8 cm³/mol. The average molecular weight is 400 g/mol. The molecule has 0 bridgehead atoms. The van der Waals surface area contributed by atoms with Crippen LogP contribution in [0.3, 0.4) is 0 Å². The van der Waals surface area contributed by atoms with Gasteiger partial charge in [-0.25, -0.2) is 0 Å². The zero-order valence-electron chi connectivity index (χ0n) is 12.3. The Morgan fingerprint density at radius 1 is 1.62 bits per heavy atom. The molecule has 1 amide bonds. The van der Waals surface area contributed by atoms with Crippen molar-refractivity contribution in [2.24, 2.45) is 0 Å². The Balaban J connectivity index is 1.98. The summed E-state index contributed by atoms with van der Waals surface area (Å²) in [6.07, 6.45) is 4.22. The van der Waals surface area contributed by atoms with Gasteiger partial charge >= 0.3 is 0 Å². The van der Waals surface area contributed by atoms with Gasteiger partial charge in [0, 0.05) is 22.7 Å². The molecule has 0 aliphatic carbocycles. The Morgan fingerprint density at radius 3 is 3.14 bits per heavy atom. The molecule has 0 radical (unpaired) electrons. The van der Waals surface area contributed by atoms with E-state index in [0.29, 0.717) is 23.9 Å². The second kappa shape index (κ2) is 7.79. The Kier molecular flexibility index (Phi) is 6.05. The molecule has 114 valence electrons. The van der Waals surface area contributed by atoms with Crippen LogP contribution in [0.4, 0.5) is 0 Å². The Bertz CT molecular complexity index is 519. The number of nitrogens with one attached hydrogen (secondary N) is 1. The summed E-state index contributed by atoms with van der Waals surface area (Å²) in [5, 5.41) is 3.03. The number of methoxy groups -OCH3 is 1. The van der Waals surface area contributed by atoms with Crippen molar-refractivity contribution < 1.29 is 9.53 Å². The number of rotatable bonds is 6. The van der Waals surface area contributed by atoms with E-state index in [2.05, 4.69) is 39.4 Å². The minimum absolute atomic E-state index is 0.0733. The number of hydrogen-bond acceptors (Lipinski definition) is 3. The molecule has 0 saturated carbocycles. The first-order chi connectivity index (χ1) is 10.2. The van der Waals surface area contributed by atoms with Gasteiger partial charge in [-0.3, -0.25) is 9.69 Å². The first-order valence-electron chi connectivity index (χ1n) is 7.12. The van der Waals surface area contributed by atoms with Crippen molar-refractivity contribution in [2.75, 3.05) is 26.7 Å². The van der Waals surface area contributed by atoms with E-state index in [-0.39, 0.29) is 5.91 Å². The molecule has 4 nitrogen and oxygen atoms in total. The molecule has 5 heteroatoms. The average Bonchev–Trinajstić information content (AvgIpc) is 2.92. The number of likely N-dealkylation sites (tertiary alicyclic amines) is 1. The lowest BCUT2D eigenvalue weighted by Gasteiger charge is -2.23. The lowest BCUT2D eigenvalue weighted by molar-refractivity contribution is 0.0939. The lowest BCUT2D eigenvalue weighted by atomic mass is 10.1. The molecule has 1 saturated heterocycles. The van der Waals surface area contributed by atoms with Crippen LogP contribution in [-0.4, -0.2) is 43.6 Å². The molecule has 1 N–H and O–H groups in total. The molecule has 1 aromatic carbocycles. The van der Waals surface area contributed by atoms with Crippen LogP contribution < -0.4 is 10.1 Å². The number of amides is 1. The molecule has 1 fully saturated rings. The monoisotopic (exact) mass is 400 g/mol. The molecule has 0 spiro atoms. The molecular formula is C16H21IN2O2. The molecule has 0 unspecified atom stereocenters. The molecule has 1 aliphatic heterocycles. The largest absolute Gasteiger partial charge is 0.496 e. The zero-order chi connectivity index (χ0) is 15.2. The van der Waals surface area contributed by atoms with E-state index in [4.69, 9.17) is 4.74 Å². The Labute approximate surface area is 139 Å². The van der Waals surface area contributed by atoms with E-state index in [1.165, 1.54) is 6.42 Å². The number of hydrogen-bond donors (Lipinski definition) is 1. The maximum Gasteiger partial charge on any atom is 0.255 e. The van der Waals surface area contributed by atoms with E-state index < -0.39 is 0 Å². The van der Waals surface area contributed by atoms with Crippen molar-refractivity contribution in [3.8, 4) is 5.75 Å². The SMILES string of the molecule is C=CCN1CCC[C@H]1CNC(=O)c1cc(I)ccc1OC. The van der Waals surface area contributed by atoms with Gasteiger partial charge in [0.2, 0.25) is 0 Å². The van der Waals surface area contributed by atoms with Crippen molar-refractivity contribution in [3.05, 3.63) is 40.0 Å². The molecule has 2 rings (SSSR count). The normalized spacial score (nSPS) is 18.5. The van der Waals surface area contributed by atoms with Crippen molar-refractivity contribution in [1.82, 2.24) is 10.2 Å². The summed E-state index contributed by atoms with van der Waals surface area (Å²) in [7, 11) is 1.59. The number of halogens is 1. The maximum atomic E-state index is 12.4. The van der Waals surface area contributed by atoms with Gasteiger partial charge in [-0.15, -0.1) is 6.58 Å². The fraction of sp³-hybridized carbons (Fsp3) is 0.438. The van der Waals surface area contributed by atoms with Crippen LogP contribution in [0, 0.1) is 3.57 Å². The Morgan fingerprint density at radius 2 is 2.43 bits per heavy atom. The highest BCUT2D eigenvalue weighted by Crippen LogP contribution is 2.21. The molecule has 1 aliphatic rings. The first-order valence-corrected chi connectivity index (χ1v) is 8.20. The minimum Gasteiger partial charge on any atom is -0.496 e. The fourth-order valence-electron chi connectivity index (χ4n) is 2.70. The zero-order valence-corrected chi connectivity index (χ0v) is 14.4. The smallest absolute Gasteiger partial charge is 0.255 e. The molecule has 1 aromatic rings. The van der Waals surface area contributed by atoms with Gasteiger partial charge in [-0.2, -0.15) is 0 Å². The van der Waals surface area contributed by atoms with Crippen LogP contribution in [-0.2, 0) is 0 Å². The summed E-state index contributed by atoms with van der Waals surface area (Å²) in [4.78, 5) is 14.7. The molecular weight excluding hydrogens is 379 g/mol. The highest BCUT2D eigenvalue weighted by molar-refractivity contribution is 14.1. The number of ether oxygens (including phenoxy) is 1. The van der Waals surface area contributed by atoms with Gasteiger partial charge in [0.15, 0.2) is 0 Å². The third-order valence-electron chi connectivity index (χ3n) is 3.77. The molecule has 21 heavy (non-hydrogen) atoms. The van der Waals surface area contributed by atoms with Crippen LogP contribution in [0.2, 0.25) is 0 Å². The van der Waals surface area contributed by atoms with Gasteiger partial charge in [-0.1, -0.05) is 6.08 Å². The van der Waals surface area contributed by atoms with Crippen LogP contribution in [0.5, 0.6) is 5.75 Å². The third-order valence-corrected chi connectivity index (χ3v) is 4.44. The summed E-state index contributed by atoms with van der Waals surface area (Å²) < 4.78 is 6.29. The standard InChI is InChI=1S/C16H21IN2O2/c1-3-8-19-9-4-5-13(19)11-18-16(20)14-10-12(17)6-7-15(14)21-2/h3,6-7,10,13H,1,4-5,8-9,11H2,2H3,(H,18,20)/t13-/m0/s1. The first kappa shape index (κ1) is 16.3. The van der Waals surface area contributed by atoms with Gasteiger partial charge < -0.3 is 10.1 Å². The van der Waals surface area contributed by atoms with Crippen molar-refractivity contribution in [1.29, 1.82) is 0 Å². The summed E-state index contributed by atoms with van der Waals surface area (Å²) in [6, 6.07) is 6.01. The highest BCUT2D eigenvalue weighted by Gasteiger charge is 2.24. The molecule has 1 heterocycles. The summed E-state index contributed by atoms with van der Waals surface area (Å²) >= 11 is 2.20. The van der Waals surface area contributed by atoms with Crippen LogP contribution >= 0.6 is 22.6 Å². The van der Waals surface area contributed by atoms with Gasteiger partial charge in [0.1, 0.15) is 5.75 Å². The van der Waals surface area contributed by atoms with Crippen molar-refractivity contribution >= 4 is 28.5 Å². The summed E-state index contributed by atoms with van der Waals surface area (Å²) in [6.45, 7) is 6.42. The van der Waals surface area contributed by atoms with E-state index in [9.17, 15) is 4.79 Å². The summed E-state index contributed by atoms with van der Waals surface area (Å²) in [5.74, 6) is 0.540. The van der Waals surface area contributed by atoms with E-state index in [1.54, 1.807) is 7.11 Å². The second-order valence-corrected chi connectivity index (χ2v) is 6.38. The van der Waals surface area contributed by atoms with E-state index in [0.717, 1.165) is 23.1 Å². The maximum absolute atomic E-state index is 12.4. The minimum atomic E-state index is -0.0733. The highest BCUT2D eigenvalue weighted by atomic mass is 127. The molecule has 1 atom stereocenters. The van der Waals surface area contributed by atoms with Crippen LogP contribution in [0.25, 0.3) is 0 Å². The van der Waals surface area contributed by atoms with E-state index in [1.807, 2.05) is 24.3 Å². The number of carbonyl (C=O) groups excluding carboxylic acids is 1. The number of nitrogens with zero attached hydrogens (tertiary/aromatic N) is 1. The molecule has 0 aromatic heterocycles. The fourth-order valence-corrected chi connectivity index (χ4v) is 3.19. The number of carbonyl (C=O) groups is 1. The van der Waals surface area contributed by atoms with Gasteiger partial charge in [-0.05, 0) is 60.2 Å². The van der Waals surface area contributed by atoms with Crippen molar-refractivity contribution in [3.63, 3.8) is 0 Å². The van der Waals surface area contributed by atoms with E-state index >= 15 is 0 Å². The third kappa shape index (κ3) is 4.20. The lowest BCUT2D eigenvalue weighted by Crippen LogP contribution is -2.40. The number of benzene rings is 1. The Hall–Kier alpha value is -1.08. The topological polar surface area (TPSA) is 41.6 Å². The van der Waals surface area contributed by atoms with Crippen LogP contribution in [0.1, 0.15) is 23.2 Å². The van der Waals surface area contributed by atoms with Gasteiger partial charge in [0.05, 0.1) is 12.7 Å². The summed E-state index contributed by atoms with van der Waals surface area (Å²) in [5.41, 5.74) is 0.595. The predicted octanol–water partition coefficient (Wildman–Crippen LogP) is 2.68. The van der Waals surface area contributed by atoms with Crippen molar-refractivity contribution in [2.45, 2.75) is 18.9 Å². The quantitative estimate of drug-likeness (QED) is 0.590.